The van der Waals surface area contributed by atoms with E-state index >= 15 is 4.39 Å². The van der Waals surface area contributed by atoms with Gasteiger partial charge in [0, 0.05) is 12.1 Å². The molecular formula is C22H21F5N4O3. The van der Waals surface area contributed by atoms with Crippen molar-refractivity contribution in [3.05, 3.63) is 69.9 Å². The van der Waals surface area contributed by atoms with Gasteiger partial charge in [-0.2, -0.15) is 9.78 Å². The van der Waals surface area contributed by atoms with Gasteiger partial charge < -0.3 is 10.1 Å². The Bertz CT molecular complexity index is 1260. The number of hydrogen-bond donors (Lipinski definition) is 1. The van der Waals surface area contributed by atoms with Crippen LogP contribution in [0.3, 0.4) is 0 Å². The smallest absolute Gasteiger partial charge is 0.351 e. The van der Waals surface area contributed by atoms with Gasteiger partial charge in [0.1, 0.15) is 35.6 Å². The molecule has 0 fully saturated rings. The molecular weight excluding hydrogens is 463 g/mol. The molecule has 0 unspecified atom stereocenters. The van der Waals surface area contributed by atoms with E-state index in [2.05, 4.69) is 10.4 Å². The summed E-state index contributed by atoms with van der Waals surface area (Å²) in [7, 11) is 0. The standard InChI is InChI=1S/C22H21F5N4O3/c1-11(2)30-12(3)29-31(22(30)33)17-9-18(34-19(10-23)20(26)27)13(8-15(17)25)21(32)28-16-7-5-4-6-14(16)24/h4-9,11,19-20H,10H2,1-3H3,(H,28,32)/t19-/m0/s1. The lowest BCUT2D eigenvalue weighted by Gasteiger charge is -2.19. The van der Waals surface area contributed by atoms with Crippen LogP contribution in [0.4, 0.5) is 27.6 Å². The summed E-state index contributed by atoms with van der Waals surface area (Å²) in [5.74, 6) is -3.41. The normalized spacial score (nSPS) is 12.3. The minimum atomic E-state index is -3.27. The number of carbonyl (C=O) groups excluding carboxylic acids is 1. The number of alkyl halides is 3. The van der Waals surface area contributed by atoms with Crippen molar-refractivity contribution in [2.24, 2.45) is 0 Å². The van der Waals surface area contributed by atoms with Crippen LogP contribution in [0.2, 0.25) is 0 Å². The zero-order valence-corrected chi connectivity index (χ0v) is 18.4. The van der Waals surface area contributed by atoms with E-state index in [-0.39, 0.29) is 17.6 Å². The predicted molar refractivity (Wildman–Crippen MR) is 114 cm³/mol. The number of para-hydroxylation sites is 1. The van der Waals surface area contributed by atoms with E-state index < -0.39 is 59.4 Å². The SMILES string of the molecule is Cc1nn(-c2cc(O[C@@H](CF)C(F)F)c(C(=O)Nc3ccccc3F)cc2F)c(=O)n1C(C)C. The second kappa shape index (κ2) is 10.1. The van der Waals surface area contributed by atoms with Crippen molar-refractivity contribution >= 4 is 11.6 Å². The zero-order valence-electron chi connectivity index (χ0n) is 18.4. The molecule has 0 spiro atoms. The Balaban J connectivity index is 2.14. The van der Waals surface area contributed by atoms with E-state index in [1.165, 1.54) is 29.7 Å². The number of benzene rings is 2. The first-order chi connectivity index (χ1) is 16.0. The fourth-order valence-electron chi connectivity index (χ4n) is 3.27. The Kier molecular flexibility index (Phi) is 7.38. The number of hydrogen-bond acceptors (Lipinski definition) is 4. The number of aryl methyl sites for hydroxylation is 1. The molecule has 182 valence electrons. The molecule has 1 N–H and O–H groups in total. The molecule has 1 heterocycles. The average Bonchev–Trinajstić information content (AvgIpc) is 3.07. The molecule has 0 bridgehead atoms. The minimum Gasteiger partial charge on any atom is -0.481 e. The van der Waals surface area contributed by atoms with Gasteiger partial charge in [-0.05, 0) is 39.0 Å². The molecule has 1 atom stereocenters. The minimum absolute atomic E-state index is 0.248. The Morgan fingerprint density at radius 2 is 1.82 bits per heavy atom. The number of carbonyl (C=O) groups is 1. The quantitative estimate of drug-likeness (QED) is 0.480. The second-order valence-electron chi connectivity index (χ2n) is 7.58. The van der Waals surface area contributed by atoms with E-state index in [9.17, 15) is 27.2 Å². The van der Waals surface area contributed by atoms with Crippen LogP contribution in [0.25, 0.3) is 5.69 Å². The highest BCUT2D eigenvalue weighted by Crippen LogP contribution is 2.29. The fourth-order valence-corrected chi connectivity index (χ4v) is 3.27. The fraction of sp³-hybridized carbons (Fsp3) is 0.318. The molecule has 1 aromatic heterocycles. The monoisotopic (exact) mass is 484 g/mol. The lowest BCUT2D eigenvalue weighted by atomic mass is 10.1. The van der Waals surface area contributed by atoms with Crippen molar-refractivity contribution in [1.82, 2.24) is 14.3 Å². The number of ether oxygens (including phenoxy) is 1. The summed E-state index contributed by atoms with van der Waals surface area (Å²) in [6.07, 6.45) is -5.55. The maximum absolute atomic E-state index is 15.1. The van der Waals surface area contributed by atoms with Gasteiger partial charge in [0.05, 0.1) is 11.3 Å². The predicted octanol–water partition coefficient (Wildman–Crippen LogP) is 4.44. The second-order valence-corrected chi connectivity index (χ2v) is 7.58. The van der Waals surface area contributed by atoms with Gasteiger partial charge in [-0.15, -0.1) is 0 Å². The number of nitrogens with one attached hydrogen (secondary N) is 1. The molecule has 0 radical (unpaired) electrons. The van der Waals surface area contributed by atoms with E-state index in [4.69, 9.17) is 4.74 Å². The van der Waals surface area contributed by atoms with Crippen molar-refractivity contribution in [2.75, 3.05) is 12.0 Å². The highest BCUT2D eigenvalue weighted by Gasteiger charge is 2.27. The van der Waals surface area contributed by atoms with Crippen LogP contribution in [-0.4, -0.2) is 39.5 Å². The van der Waals surface area contributed by atoms with Gasteiger partial charge in [-0.25, -0.2) is 26.7 Å². The van der Waals surface area contributed by atoms with Crippen LogP contribution in [-0.2, 0) is 0 Å². The molecule has 1 amide bonds. The van der Waals surface area contributed by atoms with Gasteiger partial charge in [0.25, 0.3) is 12.3 Å². The molecule has 3 aromatic rings. The summed E-state index contributed by atoms with van der Waals surface area (Å²) in [6.45, 7) is 3.31. The number of rotatable bonds is 8. The van der Waals surface area contributed by atoms with Crippen LogP contribution in [0, 0.1) is 18.6 Å². The van der Waals surface area contributed by atoms with Gasteiger partial charge >= 0.3 is 5.69 Å². The Hall–Kier alpha value is -3.70. The molecule has 2 aromatic carbocycles. The largest absolute Gasteiger partial charge is 0.481 e. The van der Waals surface area contributed by atoms with E-state index in [0.717, 1.165) is 12.1 Å². The third kappa shape index (κ3) is 4.95. The van der Waals surface area contributed by atoms with Crippen LogP contribution >= 0.6 is 0 Å². The molecule has 0 saturated carbocycles. The van der Waals surface area contributed by atoms with Gasteiger partial charge in [0.15, 0.2) is 6.10 Å². The summed E-state index contributed by atoms with van der Waals surface area (Å²) in [5, 5.41) is 6.17. The maximum atomic E-state index is 15.1. The molecule has 7 nitrogen and oxygen atoms in total. The van der Waals surface area contributed by atoms with Crippen molar-refractivity contribution in [2.45, 2.75) is 39.3 Å². The summed E-state index contributed by atoms with van der Waals surface area (Å²) >= 11 is 0. The van der Waals surface area contributed by atoms with Gasteiger partial charge in [-0.1, -0.05) is 12.1 Å². The third-order valence-electron chi connectivity index (χ3n) is 4.85. The van der Waals surface area contributed by atoms with Gasteiger partial charge in [0.2, 0.25) is 0 Å². The summed E-state index contributed by atoms with van der Waals surface area (Å²) in [5.41, 5.74) is -2.10. The molecule has 0 aliphatic heterocycles. The van der Waals surface area contributed by atoms with Crippen LogP contribution in [0.5, 0.6) is 5.75 Å². The zero-order chi connectivity index (χ0) is 25.2. The van der Waals surface area contributed by atoms with Crippen LogP contribution in [0.1, 0.15) is 36.1 Å². The molecule has 0 saturated heterocycles. The highest BCUT2D eigenvalue weighted by atomic mass is 19.3. The maximum Gasteiger partial charge on any atom is 0.351 e. The van der Waals surface area contributed by atoms with Crippen molar-refractivity contribution in [3.8, 4) is 11.4 Å². The Morgan fingerprint density at radius 3 is 2.38 bits per heavy atom. The summed E-state index contributed by atoms with van der Waals surface area (Å²) in [4.78, 5) is 25.5. The Morgan fingerprint density at radius 1 is 1.15 bits per heavy atom. The number of anilines is 1. The van der Waals surface area contributed by atoms with Crippen molar-refractivity contribution in [1.29, 1.82) is 0 Å². The average molecular weight is 484 g/mol. The molecule has 34 heavy (non-hydrogen) atoms. The third-order valence-corrected chi connectivity index (χ3v) is 4.85. The summed E-state index contributed by atoms with van der Waals surface area (Å²) < 4.78 is 75.4. The van der Waals surface area contributed by atoms with Crippen molar-refractivity contribution < 1.29 is 31.5 Å². The number of nitrogens with zero attached hydrogens (tertiary/aromatic N) is 3. The Labute approximate surface area is 190 Å². The van der Waals surface area contributed by atoms with Gasteiger partial charge in [-0.3, -0.25) is 9.36 Å². The highest BCUT2D eigenvalue weighted by molar-refractivity contribution is 6.06. The first-order valence-corrected chi connectivity index (χ1v) is 10.1. The van der Waals surface area contributed by atoms with E-state index in [0.29, 0.717) is 10.7 Å². The molecule has 0 aliphatic rings. The number of amides is 1. The first kappa shape index (κ1) is 24.9. The number of aromatic nitrogens is 3. The molecule has 12 heteroatoms. The van der Waals surface area contributed by atoms with Crippen LogP contribution < -0.4 is 15.7 Å². The van der Waals surface area contributed by atoms with Crippen LogP contribution in [0.15, 0.2) is 41.2 Å². The lowest BCUT2D eigenvalue weighted by Crippen LogP contribution is -2.29. The summed E-state index contributed by atoms with van der Waals surface area (Å²) in [6, 6.07) is 6.19. The molecule has 0 aliphatic carbocycles. The molecule has 3 rings (SSSR count). The first-order valence-electron chi connectivity index (χ1n) is 10.1. The van der Waals surface area contributed by atoms with E-state index in [1.54, 1.807) is 13.8 Å². The van der Waals surface area contributed by atoms with Crippen molar-refractivity contribution in [3.63, 3.8) is 0 Å². The lowest BCUT2D eigenvalue weighted by molar-refractivity contribution is -0.00158. The van der Waals surface area contributed by atoms with E-state index in [1.807, 2.05) is 0 Å². The number of halogens is 5. The topological polar surface area (TPSA) is 78.2 Å².